The Morgan fingerprint density at radius 2 is 2.00 bits per heavy atom. The molecule has 10 heteroatoms. The molecule has 0 bridgehead atoms. The van der Waals surface area contributed by atoms with E-state index in [2.05, 4.69) is 51.5 Å². The minimum Gasteiger partial charge on any atom is -0.376 e. The van der Waals surface area contributed by atoms with Crippen LogP contribution in [-0.4, -0.2) is 56.4 Å². The third-order valence-corrected chi connectivity index (χ3v) is 7.34. The average Bonchev–Trinajstić information content (AvgIpc) is 3.51. The molecule has 2 atom stereocenters. The molecule has 0 radical (unpaired) electrons. The van der Waals surface area contributed by atoms with E-state index in [1.807, 2.05) is 18.6 Å². The number of benzene rings is 1. The molecule has 4 aromatic rings. The Labute approximate surface area is 206 Å². The van der Waals surface area contributed by atoms with Crippen molar-refractivity contribution in [3.05, 3.63) is 42.5 Å². The Bertz CT molecular complexity index is 1280. The number of rotatable bonds is 2. The van der Waals surface area contributed by atoms with Crippen LogP contribution in [-0.2, 0) is 4.74 Å². The fourth-order valence-electron chi connectivity index (χ4n) is 5.41. The first kappa shape index (κ1) is 23.9. The second-order valence-electron chi connectivity index (χ2n) is 9.02. The van der Waals surface area contributed by atoms with Gasteiger partial charge in [-0.3, -0.25) is 9.50 Å². The van der Waals surface area contributed by atoms with Gasteiger partial charge >= 0.3 is 0 Å². The van der Waals surface area contributed by atoms with E-state index < -0.39 is 0 Å². The maximum atomic E-state index is 6.51. The molecule has 1 aromatic carbocycles. The molecule has 2 aliphatic heterocycles. The maximum absolute atomic E-state index is 6.51. The summed E-state index contributed by atoms with van der Waals surface area (Å²) in [4.78, 5) is 12.1. The Morgan fingerprint density at radius 3 is 2.73 bits per heavy atom. The lowest BCUT2D eigenvalue weighted by molar-refractivity contribution is 0.0973. The zero-order valence-electron chi connectivity index (χ0n) is 18.9. The van der Waals surface area contributed by atoms with E-state index in [1.165, 1.54) is 0 Å². The van der Waals surface area contributed by atoms with Crippen LogP contribution >= 0.6 is 27.0 Å². The van der Waals surface area contributed by atoms with Gasteiger partial charge in [0.25, 0.3) is 0 Å². The van der Waals surface area contributed by atoms with Gasteiger partial charge in [-0.25, -0.2) is 9.97 Å². The number of ether oxygens (including phenoxy) is 1. The van der Waals surface area contributed by atoms with Gasteiger partial charge < -0.3 is 15.4 Å². The Kier molecular flexibility index (Phi) is 6.38. The number of para-hydroxylation sites is 1. The highest BCUT2D eigenvalue weighted by molar-refractivity contribution is 7.59. The fourth-order valence-corrected chi connectivity index (χ4v) is 5.41. The minimum absolute atomic E-state index is 0. The topological polar surface area (TPSA) is 97.4 Å². The van der Waals surface area contributed by atoms with Crippen LogP contribution in [0, 0.1) is 12.3 Å². The van der Waals surface area contributed by atoms with Crippen LogP contribution in [0.3, 0.4) is 0 Å². The van der Waals surface area contributed by atoms with E-state index in [9.17, 15) is 0 Å². The number of nitrogens with two attached hydrogens (primary N) is 1. The highest BCUT2D eigenvalue weighted by atomic mass is 32.1. The SMILES string of the molecule is Cc1nc(N2CCC3(CC2)CO[C@@H](C)[C@H]3N)n2ccnc2c1-c1cccc2cn[nH]c12.S.S. The van der Waals surface area contributed by atoms with Gasteiger partial charge in [0.15, 0.2) is 0 Å². The minimum atomic E-state index is 0. The molecule has 1 spiro atoms. The predicted molar refractivity (Wildman–Crippen MR) is 141 cm³/mol. The normalized spacial score (nSPS) is 22.0. The number of aromatic amines is 1. The molecule has 176 valence electrons. The highest BCUT2D eigenvalue weighted by Gasteiger charge is 2.47. The fraction of sp³-hybridized carbons (Fsp3) is 0.435. The summed E-state index contributed by atoms with van der Waals surface area (Å²) in [6.45, 7) is 6.75. The number of fused-ring (bicyclic) bond motifs is 2. The van der Waals surface area contributed by atoms with Crippen LogP contribution in [0.5, 0.6) is 0 Å². The highest BCUT2D eigenvalue weighted by Crippen LogP contribution is 2.42. The van der Waals surface area contributed by atoms with Gasteiger partial charge in [0.2, 0.25) is 5.95 Å². The number of H-pyrrole nitrogens is 1. The molecule has 8 nitrogen and oxygen atoms in total. The van der Waals surface area contributed by atoms with Crippen LogP contribution in [0.25, 0.3) is 27.7 Å². The van der Waals surface area contributed by atoms with Gasteiger partial charge in [-0.2, -0.15) is 32.1 Å². The van der Waals surface area contributed by atoms with Crippen molar-refractivity contribution in [3.8, 4) is 11.1 Å². The van der Waals surface area contributed by atoms with Crippen molar-refractivity contribution in [2.45, 2.75) is 38.8 Å². The lowest BCUT2D eigenvalue weighted by Crippen LogP contribution is -2.51. The molecular formula is C23H31N7OS2. The molecule has 2 fully saturated rings. The smallest absolute Gasteiger partial charge is 0.211 e. The Morgan fingerprint density at radius 1 is 1.21 bits per heavy atom. The molecule has 33 heavy (non-hydrogen) atoms. The van der Waals surface area contributed by atoms with Crippen LogP contribution in [0.15, 0.2) is 36.8 Å². The molecule has 3 N–H and O–H groups in total. The first-order chi connectivity index (χ1) is 15.1. The van der Waals surface area contributed by atoms with E-state index in [4.69, 9.17) is 20.4 Å². The van der Waals surface area contributed by atoms with Crippen molar-refractivity contribution >= 4 is 49.5 Å². The quantitative estimate of drug-likeness (QED) is 0.453. The number of imidazole rings is 1. The van der Waals surface area contributed by atoms with Gasteiger partial charge in [-0.05, 0) is 26.7 Å². The Balaban J connectivity index is 0.00000130. The second kappa shape index (κ2) is 8.83. The number of nitrogens with one attached hydrogen (secondary N) is 1. The molecule has 0 unspecified atom stereocenters. The maximum Gasteiger partial charge on any atom is 0.211 e. The summed E-state index contributed by atoms with van der Waals surface area (Å²) in [5, 5.41) is 8.44. The van der Waals surface area contributed by atoms with Crippen LogP contribution in [0.1, 0.15) is 25.5 Å². The lowest BCUT2D eigenvalue weighted by atomic mass is 9.73. The molecule has 2 aliphatic rings. The zero-order chi connectivity index (χ0) is 21.2. The summed E-state index contributed by atoms with van der Waals surface area (Å²) in [7, 11) is 0. The zero-order valence-corrected chi connectivity index (χ0v) is 20.9. The molecule has 5 heterocycles. The van der Waals surface area contributed by atoms with Crippen molar-refractivity contribution in [2.75, 3.05) is 24.6 Å². The number of nitrogens with zero attached hydrogens (tertiary/aromatic N) is 5. The number of hydrogen-bond acceptors (Lipinski definition) is 6. The summed E-state index contributed by atoms with van der Waals surface area (Å²) in [5.41, 5.74) is 11.6. The van der Waals surface area contributed by atoms with Gasteiger partial charge in [0.05, 0.1) is 30.1 Å². The summed E-state index contributed by atoms with van der Waals surface area (Å²) < 4.78 is 8.00. The van der Waals surface area contributed by atoms with Gasteiger partial charge in [-0.1, -0.05) is 18.2 Å². The summed E-state index contributed by atoms with van der Waals surface area (Å²) in [6.07, 6.45) is 7.88. The first-order valence-corrected chi connectivity index (χ1v) is 11.0. The first-order valence-electron chi connectivity index (χ1n) is 11.0. The van der Waals surface area contributed by atoms with E-state index in [-0.39, 0.29) is 44.6 Å². The van der Waals surface area contributed by atoms with E-state index >= 15 is 0 Å². The van der Waals surface area contributed by atoms with Gasteiger partial charge in [0.1, 0.15) is 5.65 Å². The van der Waals surface area contributed by atoms with Gasteiger partial charge in [-0.15, -0.1) is 0 Å². The van der Waals surface area contributed by atoms with E-state index in [1.54, 1.807) is 0 Å². The van der Waals surface area contributed by atoms with Crippen molar-refractivity contribution < 1.29 is 4.74 Å². The number of piperidine rings is 1. The van der Waals surface area contributed by atoms with Crippen LogP contribution in [0.2, 0.25) is 0 Å². The van der Waals surface area contributed by atoms with Crippen LogP contribution < -0.4 is 10.6 Å². The van der Waals surface area contributed by atoms with Gasteiger partial charge in [0, 0.05) is 53.5 Å². The summed E-state index contributed by atoms with van der Waals surface area (Å²) in [6, 6.07) is 6.32. The van der Waals surface area contributed by atoms with Crippen molar-refractivity contribution in [2.24, 2.45) is 11.1 Å². The molecule has 0 amide bonds. The third-order valence-electron chi connectivity index (χ3n) is 7.34. The second-order valence-corrected chi connectivity index (χ2v) is 9.02. The summed E-state index contributed by atoms with van der Waals surface area (Å²) >= 11 is 0. The van der Waals surface area contributed by atoms with Crippen molar-refractivity contribution in [1.29, 1.82) is 0 Å². The van der Waals surface area contributed by atoms with Crippen LogP contribution in [0.4, 0.5) is 5.95 Å². The van der Waals surface area contributed by atoms with E-state index in [0.29, 0.717) is 0 Å². The largest absolute Gasteiger partial charge is 0.376 e. The number of aromatic nitrogens is 5. The molecule has 6 rings (SSSR count). The molecule has 2 saturated heterocycles. The molecule has 0 saturated carbocycles. The lowest BCUT2D eigenvalue weighted by Gasteiger charge is -2.41. The van der Waals surface area contributed by atoms with Crippen molar-refractivity contribution in [3.63, 3.8) is 0 Å². The number of hydrogen-bond donors (Lipinski definition) is 2. The number of aryl methyl sites for hydroxylation is 1. The third kappa shape index (κ3) is 3.60. The molecular weight excluding hydrogens is 454 g/mol. The summed E-state index contributed by atoms with van der Waals surface area (Å²) in [5.74, 6) is 0.945. The predicted octanol–water partition coefficient (Wildman–Crippen LogP) is 3.14. The van der Waals surface area contributed by atoms with Crippen molar-refractivity contribution in [1.82, 2.24) is 24.6 Å². The number of anilines is 1. The molecule has 3 aromatic heterocycles. The monoisotopic (exact) mass is 485 g/mol. The van der Waals surface area contributed by atoms with E-state index in [0.717, 1.165) is 71.9 Å². The Hall–Kier alpha value is -2.27. The average molecular weight is 486 g/mol. The molecule has 0 aliphatic carbocycles. The standard InChI is InChI=1S/C23H27N7O.2H2S/c1-14-18(17-5-3-4-16-12-26-28-19(16)17)21-25-8-11-30(21)22(27-14)29-9-6-23(7-10-29)13-31-15(2)20(23)24;;/h3-5,8,11-12,15,20H,6-7,9-10,13,24H2,1-2H3,(H,26,28);2*1H2/t15-,20+;;/m0../s1.